The third-order valence-electron chi connectivity index (χ3n) is 2.76. The molecule has 100 valence electrons. The highest BCUT2D eigenvalue weighted by Gasteiger charge is 2.30. The van der Waals surface area contributed by atoms with Crippen molar-refractivity contribution in [1.29, 1.82) is 0 Å². The lowest BCUT2D eigenvalue weighted by Crippen LogP contribution is -2.04. The van der Waals surface area contributed by atoms with E-state index in [1.54, 1.807) is 23.9 Å². The lowest BCUT2D eigenvalue weighted by Gasteiger charge is -2.13. The Labute approximate surface area is 114 Å². The second-order valence-electron chi connectivity index (χ2n) is 4.19. The fourth-order valence-corrected chi connectivity index (χ4v) is 2.73. The van der Waals surface area contributed by atoms with Gasteiger partial charge in [0.25, 0.3) is 0 Å². The van der Waals surface area contributed by atoms with Crippen molar-refractivity contribution < 1.29 is 13.2 Å². The number of hydrogen-bond acceptors (Lipinski definition) is 1. The monoisotopic (exact) mass is 282 g/mol. The van der Waals surface area contributed by atoms with E-state index >= 15 is 0 Å². The smallest absolute Gasteiger partial charge is 0.166 e. The van der Waals surface area contributed by atoms with Crippen LogP contribution in [0.5, 0.6) is 0 Å². The third-order valence-corrected chi connectivity index (χ3v) is 3.93. The molecule has 0 amide bonds. The summed E-state index contributed by atoms with van der Waals surface area (Å²) in [5.41, 5.74) is 0.287. The molecule has 19 heavy (non-hydrogen) atoms. The largest absolute Gasteiger partial charge is 0.416 e. The highest BCUT2D eigenvalue weighted by molar-refractivity contribution is 7.99. The zero-order valence-electron chi connectivity index (χ0n) is 10.3. The first-order chi connectivity index (χ1) is 8.97. The average Bonchev–Trinajstić information content (AvgIpc) is 2.39. The molecule has 0 N–H and O–H groups in total. The summed E-state index contributed by atoms with van der Waals surface area (Å²) in [5.74, 6) is 0. The van der Waals surface area contributed by atoms with E-state index in [9.17, 15) is 13.2 Å². The van der Waals surface area contributed by atoms with Crippen LogP contribution >= 0.6 is 11.8 Å². The first-order valence-corrected chi connectivity index (χ1v) is 6.73. The maximum absolute atomic E-state index is 12.5. The van der Waals surface area contributed by atoms with Crippen molar-refractivity contribution >= 4 is 11.8 Å². The van der Waals surface area contributed by atoms with E-state index in [1.165, 1.54) is 0 Å². The van der Waals surface area contributed by atoms with E-state index in [0.717, 1.165) is 22.6 Å². The minimum Gasteiger partial charge on any atom is -0.166 e. The van der Waals surface area contributed by atoms with Crippen LogP contribution < -0.4 is 0 Å². The molecule has 0 saturated carbocycles. The van der Waals surface area contributed by atoms with Crippen LogP contribution in [0, 0.1) is 0 Å². The summed E-state index contributed by atoms with van der Waals surface area (Å²) in [5, 5.41) is 0.115. The fourth-order valence-electron chi connectivity index (χ4n) is 1.71. The Morgan fingerprint density at radius 2 is 1.47 bits per heavy atom. The van der Waals surface area contributed by atoms with Gasteiger partial charge in [0.15, 0.2) is 0 Å². The molecule has 0 aliphatic carbocycles. The Kier molecular flexibility index (Phi) is 4.20. The number of alkyl halides is 3. The van der Waals surface area contributed by atoms with E-state index in [4.69, 9.17) is 0 Å². The van der Waals surface area contributed by atoms with E-state index in [2.05, 4.69) is 0 Å². The second kappa shape index (κ2) is 5.70. The normalized spacial score (nSPS) is 13.3. The summed E-state index contributed by atoms with van der Waals surface area (Å²) in [6.45, 7) is 1.99. The quantitative estimate of drug-likeness (QED) is 0.664. The first-order valence-electron chi connectivity index (χ1n) is 5.85. The maximum Gasteiger partial charge on any atom is 0.416 e. The zero-order valence-corrected chi connectivity index (χ0v) is 11.1. The fraction of sp³-hybridized carbons (Fsp3) is 0.200. The van der Waals surface area contributed by atoms with Crippen LogP contribution in [0.25, 0.3) is 0 Å². The average molecular weight is 282 g/mol. The molecule has 1 atom stereocenters. The molecular weight excluding hydrogens is 269 g/mol. The first kappa shape index (κ1) is 14.0. The summed E-state index contributed by atoms with van der Waals surface area (Å²) < 4.78 is 37.4. The standard InChI is InChI=1S/C15H13F3S/c1-11(19-14-5-3-2-4-6-14)12-7-9-13(10-8-12)15(16,17)18/h2-11H,1H3. The topological polar surface area (TPSA) is 0 Å². The van der Waals surface area contributed by atoms with Gasteiger partial charge in [-0.15, -0.1) is 11.8 Å². The number of thioether (sulfide) groups is 1. The minimum atomic E-state index is -4.27. The van der Waals surface area contributed by atoms with Crippen molar-refractivity contribution in [2.45, 2.75) is 23.2 Å². The third kappa shape index (κ3) is 3.77. The molecule has 0 aromatic heterocycles. The SMILES string of the molecule is CC(Sc1ccccc1)c1ccc(C(F)(F)F)cc1. The number of benzene rings is 2. The van der Waals surface area contributed by atoms with Crippen molar-refractivity contribution in [1.82, 2.24) is 0 Å². The summed E-state index contributed by atoms with van der Waals surface area (Å²) in [7, 11) is 0. The van der Waals surface area contributed by atoms with E-state index in [1.807, 2.05) is 37.3 Å². The Bertz CT molecular complexity index is 517. The van der Waals surface area contributed by atoms with Gasteiger partial charge >= 0.3 is 6.18 Å². The van der Waals surface area contributed by atoms with Crippen molar-refractivity contribution in [3.8, 4) is 0 Å². The van der Waals surface area contributed by atoms with Crippen LogP contribution in [0.2, 0.25) is 0 Å². The lowest BCUT2D eigenvalue weighted by atomic mass is 10.1. The molecule has 0 saturated heterocycles. The molecule has 4 heteroatoms. The van der Waals surface area contributed by atoms with Gasteiger partial charge in [-0.2, -0.15) is 13.2 Å². The number of rotatable bonds is 3. The molecule has 2 aromatic rings. The molecule has 0 fully saturated rings. The summed E-state index contributed by atoms with van der Waals surface area (Å²) in [4.78, 5) is 1.11. The molecule has 2 aromatic carbocycles. The predicted octanol–water partition coefficient (Wildman–Crippen LogP) is 5.56. The minimum absolute atomic E-state index is 0.115. The second-order valence-corrected chi connectivity index (χ2v) is 5.61. The number of hydrogen-bond donors (Lipinski definition) is 0. The van der Waals surface area contributed by atoms with E-state index in [-0.39, 0.29) is 5.25 Å². The van der Waals surface area contributed by atoms with E-state index in [0.29, 0.717) is 0 Å². The molecule has 2 rings (SSSR count). The molecule has 1 unspecified atom stereocenters. The van der Waals surface area contributed by atoms with Crippen molar-refractivity contribution in [2.24, 2.45) is 0 Å². The van der Waals surface area contributed by atoms with Gasteiger partial charge in [-0.25, -0.2) is 0 Å². The highest BCUT2D eigenvalue weighted by Crippen LogP contribution is 2.36. The van der Waals surface area contributed by atoms with Gasteiger partial charge in [-0.05, 0) is 36.8 Å². The highest BCUT2D eigenvalue weighted by atomic mass is 32.2. The van der Waals surface area contributed by atoms with Crippen molar-refractivity contribution in [3.05, 3.63) is 65.7 Å². The molecule has 0 bridgehead atoms. The molecular formula is C15H13F3S. The Morgan fingerprint density at radius 1 is 0.895 bits per heavy atom. The van der Waals surface area contributed by atoms with Gasteiger partial charge in [0.2, 0.25) is 0 Å². The van der Waals surface area contributed by atoms with Gasteiger partial charge in [0.05, 0.1) is 5.56 Å². The molecule has 0 heterocycles. The van der Waals surface area contributed by atoms with Gasteiger partial charge in [-0.3, -0.25) is 0 Å². The predicted molar refractivity (Wildman–Crippen MR) is 72.2 cm³/mol. The van der Waals surface area contributed by atoms with Gasteiger partial charge in [0, 0.05) is 10.1 Å². The Morgan fingerprint density at radius 3 is 2.00 bits per heavy atom. The van der Waals surface area contributed by atoms with Crippen LogP contribution in [-0.4, -0.2) is 0 Å². The molecule has 0 aliphatic heterocycles. The number of halogens is 3. The molecule has 0 nitrogen and oxygen atoms in total. The van der Waals surface area contributed by atoms with E-state index < -0.39 is 11.7 Å². The lowest BCUT2D eigenvalue weighted by molar-refractivity contribution is -0.137. The molecule has 0 radical (unpaired) electrons. The van der Waals surface area contributed by atoms with Crippen molar-refractivity contribution in [2.75, 3.05) is 0 Å². The molecule has 0 spiro atoms. The van der Waals surface area contributed by atoms with Crippen LogP contribution in [0.4, 0.5) is 13.2 Å². The van der Waals surface area contributed by atoms with Crippen LogP contribution in [0.1, 0.15) is 23.3 Å². The van der Waals surface area contributed by atoms with Gasteiger partial charge in [0.1, 0.15) is 0 Å². The summed E-state index contributed by atoms with van der Waals surface area (Å²) in [6, 6.07) is 15.2. The van der Waals surface area contributed by atoms with Crippen LogP contribution in [-0.2, 0) is 6.18 Å². The van der Waals surface area contributed by atoms with Crippen LogP contribution in [0.3, 0.4) is 0 Å². The van der Waals surface area contributed by atoms with Crippen LogP contribution in [0.15, 0.2) is 59.5 Å². The maximum atomic E-state index is 12.5. The molecule has 0 aliphatic rings. The Balaban J connectivity index is 2.10. The van der Waals surface area contributed by atoms with Gasteiger partial charge in [-0.1, -0.05) is 30.3 Å². The summed E-state index contributed by atoms with van der Waals surface area (Å²) >= 11 is 1.63. The zero-order chi connectivity index (χ0) is 13.9. The Hall–Kier alpha value is -1.42. The summed E-state index contributed by atoms with van der Waals surface area (Å²) in [6.07, 6.45) is -4.27. The van der Waals surface area contributed by atoms with Gasteiger partial charge < -0.3 is 0 Å². The van der Waals surface area contributed by atoms with Crippen molar-refractivity contribution in [3.63, 3.8) is 0 Å².